The first-order valence-electron chi connectivity index (χ1n) is 5.14. The summed E-state index contributed by atoms with van der Waals surface area (Å²) >= 11 is 0. The van der Waals surface area contributed by atoms with Crippen molar-refractivity contribution in [1.82, 2.24) is 5.32 Å². The van der Waals surface area contributed by atoms with E-state index >= 15 is 0 Å². The summed E-state index contributed by atoms with van der Waals surface area (Å²) in [4.78, 5) is 0. The Hall–Kier alpha value is -0.0800. The number of hydrogen-bond acceptors (Lipinski definition) is 2. The van der Waals surface area contributed by atoms with Crippen molar-refractivity contribution in [2.45, 2.75) is 39.2 Å². The topological polar surface area (TPSA) is 38.0 Å². The largest absolute Gasteiger partial charge is 0.328 e. The Labute approximate surface area is 75.9 Å². The molecule has 0 aliphatic heterocycles. The van der Waals surface area contributed by atoms with Gasteiger partial charge in [-0.3, -0.25) is 0 Å². The van der Waals surface area contributed by atoms with Gasteiger partial charge in [0.2, 0.25) is 0 Å². The van der Waals surface area contributed by atoms with Crippen LogP contribution >= 0.6 is 0 Å². The maximum absolute atomic E-state index is 5.83. The quantitative estimate of drug-likeness (QED) is 0.668. The fraction of sp³-hybridized carbons (Fsp3) is 1.00. The molecule has 1 aliphatic rings. The fourth-order valence-corrected chi connectivity index (χ4v) is 1.88. The highest BCUT2D eigenvalue weighted by molar-refractivity contribution is 4.78. The lowest BCUT2D eigenvalue weighted by molar-refractivity contribution is 0.454. The molecule has 72 valence electrons. The summed E-state index contributed by atoms with van der Waals surface area (Å²) in [7, 11) is 0. The third-order valence-electron chi connectivity index (χ3n) is 2.57. The second-order valence-corrected chi connectivity index (χ2v) is 4.49. The van der Waals surface area contributed by atoms with Gasteiger partial charge in [-0.05, 0) is 44.2 Å². The molecular formula is C10H22N2. The second-order valence-electron chi connectivity index (χ2n) is 4.49. The van der Waals surface area contributed by atoms with Gasteiger partial charge in [-0.25, -0.2) is 0 Å². The Morgan fingerprint density at radius 3 is 2.67 bits per heavy atom. The van der Waals surface area contributed by atoms with Crippen molar-refractivity contribution in [1.29, 1.82) is 0 Å². The van der Waals surface area contributed by atoms with E-state index in [1.807, 2.05) is 0 Å². The fourth-order valence-electron chi connectivity index (χ4n) is 1.88. The molecule has 0 aromatic carbocycles. The molecule has 12 heavy (non-hydrogen) atoms. The van der Waals surface area contributed by atoms with Crippen LogP contribution in [0.4, 0.5) is 0 Å². The average Bonchev–Trinajstić information content (AvgIpc) is 2.35. The molecule has 3 N–H and O–H groups in total. The van der Waals surface area contributed by atoms with E-state index in [0.29, 0.717) is 6.04 Å². The Balaban J connectivity index is 2.00. The van der Waals surface area contributed by atoms with Gasteiger partial charge in [0.25, 0.3) is 0 Å². The SMILES string of the molecule is CC(C)CNCC1CCC(N)C1. The lowest BCUT2D eigenvalue weighted by Crippen LogP contribution is -2.26. The van der Waals surface area contributed by atoms with Crippen LogP contribution in [0.25, 0.3) is 0 Å². The van der Waals surface area contributed by atoms with Crippen LogP contribution in [0, 0.1) is 11.8 Å². The van der Waals surface area contributed by atoms with Gasteiger partial charge < -0.3 is 11.1 Å². The third kappa shape index (κ3) is 3.55. The third-order valence-corrected chi connectivity index (χ3v) is 2.57. The van der Waals surface area contributed by atoms with Gasteiger partial charge in [-0.2, -0.15) is 0 Å². The van der Waals surface area contributed by atoms with E-state index in [2.05, 4.69) is 19.2 Å². The van der Waals surface area contributed by atoms with Gasteiger partial charge in [0.05, 0.1) is 0 Å². The van der Waals surface area contributed by atoms with E-state index in [1.54, 1.807) is 0 Å². The molecule has 1 fully saturated rings. The van der Waals surface area contributed by atoms with E-state index in [9.17, 15) is 0 Å². The molecule has 0 radical (unpaired) electrons. The molecule has 2 heteroatoms. The molecule has 2 unspecified atom stereocenters. The number of nitrogens with two attached hydrogens (primary N) is 1. The predicted octanol–water partition coefficient (Wildman–Crippen LogP) is 1.36. The minimum atomic E-state index is 0.482. The molecule has 2 atom stereocenters. The zero-order chi connectivity index (χ0) is 8.97. The van der Waals surface area contributed by atoms with Crippen LogP contribution < -0.4 is 11.1 Å². The van der Waals surface area contributed by atoms with Crippen LogP contribution in [0.5, 0.6) is 0 Å². The van der Waals surface area contributed by atoms with Gasteiger partial charge in [0, 0.05) is 6.04 Å². The first-order valence-corrected chi connectivity index (χ1v) is 5.14. The van der Waals surface area contributed by atoms with Crippen molar-refractivity contribution < 1.29 is 0 Å². The number of nitrogens with one attached hydrogen (secondary N) is 1. The minimum absolute atomic E-state index is 0.482. The molecule has 1 rings (SSSR count). The van der Waals surface area contributed by atoms with Crippen LogP contribution in [0.2, 0.25) is 0 Å². The minimum Gasteiger partial charge on any atom is -0.328 e. The van der Waals surface area contributed by atoms with E-state index in [0.717, 1.165) is 18.4 Å². The standard InChI is InChI=1S/C10H22N2/c1-8(2)6-12-7-9-3-4-10(11)5-9/h8-10,12H,3-7,11H2,1-2H3. The molecule has 1 aliphatic carbocycles. The average molecular weight is 170 g/mol. The summed E-state index contributed by atoms with van der Waals surface area (Å²) in [6.07, 6.45) is 3.78. The van der Waals surface area contributed by atoms with E-state index in [1.165, 1.54) is 25.8 Å². The van der Waals surface area contributed by atoms with Crippen LogP contribution in [-0.4, -0.2) is 19.1 Å². The van der Waals surface area contributed by atoms with Gasteiger partial charge in [-0.15, -0.1) is 0 Å². The highest BCUT2D eigenvalue weighted by Crippen LogP contribution is 2.22. The molecule has 0 aromatic heterocycles. The molecule has 0 amide bonds. The van der Waals surface area contributed by atoms with Crippen molar-refractivity contribution >= 4 is 0 Å². The van der Waals surface area contributed by atoms with Crippen LogP contribution in [0.3, 0.4) is 0 Å². The summed E-state index contributed by atoms with van der Waals surface area (Å²) in [6, 6.07) is 0.482. The van der Waals surface area contributed by atoms with Gasteiger partial charge >= 0.3 is 0 Å². The lowest BCUT2D eigenvalue weighted by Gasteiger charge is -2.12. The van der Waals surface area contributed by atoms with E-state index in [-0.39, 0.29) is 0 Å². The van der Waals surface area contributed by atoms with E-state index < -0.39 is 0 Å². The normalized spacial score (nSPS) is 30.0. The van der Waals surface area contributed by atoms with Crippen molar-refractivity contribution in [3.8, 4) is 0 Å². The smallest absolute Gasteiger partial charge is 0.00420 e. The molecule has 0 spiro atoms. The number of hydrogen-bond donors (Lipinski definition) is 2. The van der Waals surface area contributed by atoms with Crippen LogP contribution in [-0.2, 0) is 0 Å². The van der Waals surface area contributed by atoms with Gasteiger partial charge in [-0.1, -0.05) is 13.8 Å². The summed E-state index contributed by atoms with van der Waals surface area (Å²) in [5, 5.41) is 3.49. The first kappa shape index (κ1) is 10.0. The van der Waals surface area contributed by atoms with Crippen molar-refractivity contribution in [2.75, 3.05) is 13.1 Å². The lowest BCUT2D eigenvalue weighted by atomic mass is 10.1. The summed E-state index contributed by atoms with van der Waals surface area (Å²) in [6.45, 7) is 6.80. The molecule has 0 aromatic rings. The molecule has 1 saturated carbocycles. The van der Waals surface area contributed by atoms with Gasteiger partial charge in [0.15, 0.2) is 0 Å². The summed E-state index contributed by atoms with van der Waals surface area (Å²) < 4.78 is 0. The highest BCUT2D eigenvalue weighted by Gasteiger charge is 2.20. The molecular weight excluding hydrogens is 148 g/mol. The Morgan fingerprint density at radius 2 is 2.17 bits per heavy atom. The van der Waals surface area contributed by atoms with Crippen LogP contribution in [0.15, 0.2) is 0 Å². The molecule has 0 heterocycles. The van der Waals surface area contributed by atoms with E-state index in [4.69, 9.17) is 5.73 Å². The Bertz CT molecular complexity index is 123. The summed E-state index contributed by atoms with van der Waals surface area (Å²) in [5.74, 6) is 1.61. The molecule has 0 saturated heterocycles. The Morgan fingerprint density at radius 1 is 1.42 bits per heavy atom. The zero-order valence-electron chi connectivity index (χ0n) is 8.34. The molecule has 2 nitrogen and oxygen atoms in total. The second kappa shape index (κ2) is 4.83. The first-order chi connectivity index (χ1) is 5.68. The highest BCUT2D eigenvalue weighted by atomic mass is 14.9. The number of rotatable bonds is 4. The van der Waals surface area contributed by atoms with Gasteiger partial charge in [0.1, 0.15) is 0 Å². The maximum Gasteiger partial charge on any atom is 0.00420 e. The van der Waals surface area contributed by atoms with Crippen molar-refractivity contribution in [3.05, 3.63) is 0 Å². The maximum atomic E-state index is 5.83. The van der Waals surface area contributed by atoms with Crippen molar-refractivity contribution in [3.63, 3.8) is 0 Å². The predicted molar refractivity (Wildman–Crippen MR) is 53.0 cm³/mol. The summed E-state index contributed by atoms with van der Waals surface area (Å²) in [5.41, 5.74) is 5.83. The molecule has 0 bridgehead atoms. The Kier molecular flexibility index (Phi) is 4.02. The van der Waals surface area contributed by atoms with Crippen molar-refractivity contribution in [2.24, 2.45) is 17.6 Å². The zero-order valence-corrected chi connectivity index (χ0v) is 8.34. The van der Waals surface area contributed by atoms with Crippen LogP contribution in [0.1, 0.15) is 33.1 Å². The monoisotopic (exact) mass is 170 g/mol.